The third-order valence-corrected chi connectivity index (χ3v) is 4.62. The highest BCUT2D eigenvalue weighted by atomic mass is 35.5. The summed E-state index contributed by atoms with van der Waals surface area (Å²) in [5, 5.41) is 0.444. The molecule has 0 amide bonds. The molecule has 0 bridgehead atoms. The fourth-order valence-electron chi connectivity index (χ4n) is 3.04. The number of hydrogen-bond acceptors (Lipinski definition) is 5. The standard InChI is InChI=1S/C15H14Cl2N6/c16-13-12-14(21-15(17)20-13)23(9-19-12)10-4-7-22(8-5-10)11-3-1-2-6-18-11/h1-3,6,9-10H,4-5,7-8H2. The number of rotatable bonds is 2. The maximum Gasteiger partial charge on any atom is 0.225 e. The van der Waals surface area contributed by atoms with E-state index in [0.717, 1.165) is 31.7 Å². The molecule has 1 aliphatic heterocycles. The highest BCUT2D eigenvalue weighted by Gasteiger charge is 2.24. The Kier molecular flexibility index (Phi) is 3.79. The van der Waals surface area contributed by atoms with Crippen molar-refractivity contribution in [1.82, 2.24) is 24.5 Å². The van der Waals surface area contributed by atoms with Gasteiger partial charge in [-0.1, -0.05) is 17.7 Å². The summed E-state index contributed by atoms with van der Waals surface area (Å²) in [6.07, 6.45) is 5.58. The third-order valence-electron chi connectivity index (χ3n) is 4.18. The summed E-state index contributed by atoms with van der Waals surface area (Å²) in [5.74, 6) is 1.02. The molecule has 0 N–H and O–H groups in total. The van der Waals surface area contributed by atoms with Gasteiger partial charge in [-0.15, -0.1) is 0 Å². The van der Waals surface area contributed by atoms with E-state index in [9.17, 15) is 0 Å². The number of halogens is 2. The predicted molar refractivity (Wildman–Crippen MR) is 90.1 cm³/mol. The van der Waals surface area contributed by atoms with Crippen molar-refractivity contribution in [3.05, 3.63) is 41.2 Å². The molecule has 1 fully saturated rings. The fourth-order valence-corrected chi connectivity index (χ4v) is 3.46. The molecular weight excluding hydrogens is 335 g/mol. The molecule has 3 aromatic rings. The molecule has 1 saturated heterocycles. The van der Waals surface area contributed by atoms with E-state index in [1.807, 2.05) is 24.4 Å². The Balaban J connectivity index is 1.57. The smallest absolute Gasteiger partial charge is 0.225 e. The summed E-state index contributed by atoms with van der Waals surface area (Å²) in [5.41, 5.74) is 1.30. The van der Waals surface area contributed by atoms with Gasteiger partial charge in [0, 0.05) is 25.3 Å². The van der Waals surface area contributed by atoms with Crippen molar-refractivity contribution in [2.45, 2.75) is 18.9 Å². The molecular formula is C15H14Cl2N6. The minimum Gasteiger partial charge on any atom is -0.356 e. The number of aromatic nitrogens is 5. The van der Waals surface area contributed by atoms with Gasteiger partial charge in [0.25, 0.3) is 0 Å². The van der Waals surface area contributed by atoms with Crippen molar-refractivity contribution in [2.75, 3.05) is 18.0 Å². The first-order chi connectivity index (χ1) is 11.2. The van der Waals surface area contributed by atoms with E-state index in [4.69, 9.17) is 23.2 Å². The van der Waals surface area contributed by atoms with Gasteiger partial charge in [0.2, 0.25) is 5.28 Å². The summed E-state index contributed by atoms with van der Waals surface area (Å²) in [7, 11) is 0. The van der Waals surface area contributed by atoms with Gasteiger partial charge in [-0.25, -0.2) is 15.0 Å². The second kappa shape index (κ2) is 5.94. The lowest BCUT2D eigenvalue weighted by Gasteiger charge is -2.33. The first-order valence-corrected chi connectivity index (χ1v) is 8.19. The van der Waals surface area contributed by atoms with Crippen molar-refractivity contribution in [3.63, 3.8) is 0 Å². The highest BCUT2D eigenvalue weighted by Crippen LogP contribution is 2.29. The van der Waals surface area contributed by atoms with E-state index < -0.39 is 0 Å². The Bertz CT molecular complexity index is 827. The Morgan fingerprint density at radius 3 is 2.61 bits per heavy atom. The molecule has 3 aromatic heterocycles. The molecule has 23 heavy (non-hydrogen) atoms. The molecule has 0 saturated carbocycles. The van der Waals surface area contributed by atoms with Crippen LogP contribution >= 0.6 is 23.2 Å². The zero-order valence-corrected chi connectivity index (χ0v) is 13.7. The molecule has 118 valence electrons. The van der Waals surface area contributed by atoms with Gasteiger partial charge in [-0.2, -0.15) is 4.98 Å². The average Bonchev–Trinajstić information content (AvgIpc) is 3.00. The Hall–Kier alpha value is -1.92. The van der Waals surface area contributed by atoms with E-state index in [1.165, 1.54) is 0 Å². The SMILES string of the molecule is Clc1nc(Cl)c2ncn(C3CCN(c4ccccn4)CC3)c2n1. The number of pyridine rings is 1. The van der Waals surface area contributed by atoms with E-state index in [2.05, 4.69) is 29.4 Å². The first kappa shape index (κ1) is 14.7. The van der Waals surface area contributed by atoms with Crippen LogP contribution in [0.5, 0.6) is 0 Å². The topological polar surface area (TPSA) is 59.7 Å². The fraction of sp³-hybridized carbons (Fsp3) is 0.333. The Morgan fingerprint density at radius 1 is 1.04 bits per heavy atom. The van der Waals surface area contributed by atoms with Gasteiger partial charge < -0.3 is 9.47 Å². The second-order valence-corrected chi connectivity index (χ2v) is 6.21. The van der Waals surface area contributed by atoms with Gasteiger partial charge in [-0.05, 0) is 36.6 Å². The first-order valence-electron chi connectivity index (χ1n) is 7.44. The summed E-state index contributed by atoms with van der Waals surface area (Å²) >= 11 is 12.0. The zero-order chi connectivity index (χ0) is 15.8. The summed E-state index contributed by atoms with van der Waals surface area (Å²) < 4.78 is 2.06. The second-order valence-electron chi connectivity index (χ2n) is 5.51. The summed E-state index contributed by atoms with van der Waals surface area (Å²) in [6, 6.07) is 6.31. The van der Waals surface area contributed by atoms with Gasteiger partial charge in [0.05, 0.1) is 6.33 Å². The maximum atomic E-state index is 6.09. The molecule has 0 unspecified atom stereocenters. The number of imidazole rings is 1. The van der Waals surface area contributed by atoms with Crippen molar-refractivity contribution in [1.29, 1.82) is 0 Å². The predicted octanol–water partition coefficient (Wildman–Crippen LogP) is 3.37. The lowest BCUT2D eigenvalue weighted by atomic mass is 10.0. The van der Waals surface area contributed by atoms with Gasteiger partial charge in [0.1, 0.15) is 11.3 Å². The van der Waals surface area contributed by atoms with Gasteiger partial charge in [-0.3, -0.25) is 0 Å². The van der Waals surface area contributed by atoms with Crippen molar-refractivity contribution < 1.29 is 0 Å². The highest BCUT2D eigenvalue weighted by molar-refractivity contribution is 6.35. The van der Waals surface area contributed by atoms with Crippen molar-refractivity contribution in [3.8, 4) is 0 Å². The minimum atomic E-state index is 0.148. The molecule has 0 aliphatic carbocycles. The number of piperidine rings is 1. The van der Waals surface area contributed by atoms with Gasteiger partial charge >= 0.3 is 0 Å². The lowest BCUT2D eigenvalue weighted by molar-refractivity contribution is 0.401. The minimum absolute atomic E-state index is 0.148. The normalized spacial score (nSPS) is 16.2. The van der Waals surface area contributed by atoms with Crippen LogP contribution in [-0.2, 0) is 0 Å². The molecule has 6 nitrogen and oxygen atoms in total. The Morgan fingerprint density at radius 2 is 1.87 bits per heavy atom. The van der Waals surface area contributed by atoms with Crippen LogP contribution in [0.25, 0.3) is 11.2 Å². The molecule has 4 rings (SSSR count). The summed E-state index contributed by atoms with van der Waals surface area (Å²) in [6.45, 7) is 1.88. The van der Waals surface area contributed by atoms with Crippen LogP contribution in [-0.4, -0.2) is 37.6 Å². The van der Waals surface area contributed by atoms with Crippen LogP contribution in [0.1, 0.15) is 18.9 Å². The van der Waals surface area contributed by atoms with Crippen LogP contribution in [0.3, 0.4) is 0 Å². The molecule has 4 heterocycles. The molecule has 0 radical (unpaired) electrons. The molecule has 8 heteroatoms. The Labute approximate surface area is 143 Å². The van der Waals surface area contributed by atoms with E-state index in [0.29, 0.717) is 22.4 Å². The number of fused-ring (bicyclic) bond motifs is 1. The van der Waals surface area contributed by atoms with Crippen LogP contribution < -0.4 is 4.90 Å². The largest absolute Gasteiger partial charge is 0.356 e. The van der Waals surface area contributed by atoms with Crippen molar-refractivity contribution >= 4 is 40.2 Å². The molecule has 1 aliphatic rings. The zero-order valence-electron chi connectivity index (χ0n) is 12.2. The molecule has 0 atom stereocenters. The number of nitrogens with zero attached hydrogens (tertiary/aromatic N) is 6. The molecule has 0 aromatic carbocycles. The summed E-state index contributed by atoms with van der Waals surface area (Å²) in [4.78, 5) is 19.3. The van der Waals surface area contributed by atoms with E-state index >= 15 is 0 Å². The van der Waals surface area contributed by atoms with E-state index in [1.54, 1.807) is 6.33 Å². The number of hydrogen-bond donors (Lipinski definition) is 0. The van der Waals surface area contributed by atoms with E-state index in [-0.39, 0.29) is 5.28 Å². The maximum absolute atomic E-state index is 6.09. The number of anilines is 1. The van der Waals surface area contributed by atoms with Crippen LogP contribution in [0.15, 0.2) is 30.7 Å². The van der Waals surface area contributed by atoms with Crippen LogP contribution in [0.4, 0.5) is 5.82 Å². The monoisotopic (exact) mass is 348 g/mol. The van der Waals surface area contributed by atoms with Gasteiger partial charge in [0.15, 0.2) is 10.8 Å². The lowest BCUT2D eigenvalue weighted by Crippen LogP contribution is -2.35. The molecule has 0 spiro atoms. The van der Waals surface area contributed by atoms with Crippen molar-refractivity contribution in [2.24, 2.45) is 0 Å². The third kappa shape index (κ3) is 2.72. The quantitative estimate of drug-likeness (QED) is 0.524. The van der Waals surface area contributed by atoms with Crippen LogP contribution in [0.2, 0.25) is 10.4 Å². The average molecular weight is 349 g/mol. The van der Waals surface area contributed by atoms with Crippen LogP contribution in [0, 0.1) is 0 Å².